The maximum atomic E-state index is 12.2. The van der Waals surface area contributed by atoms with Gasteiger partial charge in [-0.2, -0.15) is 0 Å². The number of nitrogens with two attached hydrogens (primary N) is 1. The Hall–Kier alpha value is -2.84. The third kappa shape index (κ3) is 4.41. The van der Waals surface area contributed by atoms with Crippen LogP contribution in [0.1, 0.15) is 17.3 Å². The van der Waals surface area contributed by atoms with Crippen LogP contribution in [-0.2, 0) is 9.53 Å². The lowest BCUT2D eigenvalue weighted by molar-refractivity contribution is -0.384. The second-order valence-electron chi connectivity index (χ2n) is 5.16. The lowest BCUT2D eigenvalue weighted by Crippen LogP contribution is -2.30. The lowest BCUT2D eigenvalue weighted by atomic mass is 10.1. The predicted molar refractivity (Wildman–Crippen MR) is 97.5 cm³/mol. The summed E-state index contributed by atoms with van der Waals surface area (Å²) in [7, 11) is 0. The summed E-state index contributed by atoms with van der Waals surface area (Å²) in [6.07, 6.45) is -1.19. The van der Waals surface area contributed by atoms with Gasteiger partial charge in [0.15, 0.2) is 6.10 Å². The molecule has 3 N–H and O–H groups in total. The Morgan fingerprint density at radius 1 is 1.23 bits per heavy atom. The number of amides is 1. The van der Waals surface area contributed by atoms with E-state index in [1.807, 2.05) is 0 Å². The molecule has 0 bridgehead atoms. The Balaban J connectivity index is 2.09. The van der Waals surface area contributed by atoms with Crippen LogP contribution in [0.4, 0.5) is 17.1 Å². The van der Waals surface area contributed by atoms with E-state index in [1.165, 1.54) is 19.1 Å². The highest BCUT2D eigenvalue weighted by atomic mass is 35.5. The molecule has 0 unspecified atom stereocenters. The number of rotatable bonds is 5. The molecule has 26 heavy (non-hydrogen) atoms. The minimum Gasteiger partial charge on any atom is -0.449 e. The SMILES string of the molecule is C[C@@H](OC(=O)c1ccc([N+](=O)[O-])cc1N)C(=O)Nc1c(Cl)cccc1Cl. The fourth-order valence-corrected chi connectivity index (χ4v) is 2.46. The number of carbonyl (C=O) groups is 2. The number of halogens is 2. The van der Waals surface area contributed by atoms with Crippen molar-refractivity contribution in [2.24, 2.45) is 0 Å². The molecule has 0 spiro atoms. The zero-order valence-electron chi connectivity index (χ0n) is 13.4. The third-order valence-electron chi connectivity index (χ3n) is 3.33. The normalized spacial score (nSPS) is 11.5. The fourth-order valence-electron chi connectivity index (χ4n) is 1.97. The van der Waals surface area contributed by atoms with Crippen molar-refractivity contribution in [1.29, 1.82) is 0 Å². The number of nitrogen functional groups attached to an aromatic ring is 1. The highest BCUT2D eigenvalue weighted by molar-refractivity contribution is 6.39. The largest absolute Gasteiger partial charge is 0.449 e. The maximum Gasteiger partial charge on any atom is 0.341 e. The van der Waals surface area contributed by atoms with Gasteiger partial charge < -0.3 is 15.8 Å². The molecule has 136 valence electrons. The van der Waals surface area contributed by atoms with Crippen molar-refractivity contribution in [3.8, 4) is 0 Å². The summed E-state index contributed by atoms with van der Waals surface area (Å²) in [6, 6.07) is 7.99. The molecule has 2 aromatic rings. The first-order chi connectivity index (χ1) is 12.2. The summed E-state index contributed by atoms with van der Waals surface area (Å²) in [6.45, 7) is 1.35. The van der Waals surface area contributed by atoms with Crippen molar-refractivity contribution in [1.82, 2.24) is 0 Å². The van der Waals surface area contributed by atoms with Gasteiger partial charge in [0.05, 0.1) is 31.9 Å². The van der Waals surface area contributed by atoms with E-state index in [9.17, 15) is 19.7 Å². The molecule has 2 aromatic carbocycles. The fraction of sp³-hybridized carbons (Fsp3) is 0.125. The van der Waals surface area contributed by atoms with Gasteiger partial charge in [-0.05, 0) is 25.1 Å². The highest BCUT2D eigenvalue weighted by Crippen LogP contribution is 2.30. The number of nitro groups is 1. The number of nitrogens with zero attached hydrogens (tertiary/aromatic N) is 1. The van der Waals surface area contributed by atoms with Gasteiger partial charge in [0.2, 0.25) is 0 Å². The number of anilines is 2. The minimum atomic E-state index is -1.19. The summed E-state index contributed by atoms with van der Waals surface area (Å²) in [5.74, 6) is -1.56. The Morgan fingerprint density at radius 2 is 1.85 bits per heavy atom. The number of hydrogen-bond acceptors (Lipinski definition) is 6. The standard InChI is InChI=1S/C16H13Cl2N3O5/c1-8(15(22)20-14-11(17)3-2-4-12(14)18)26-16(23)10-6-5-9(21(24)25)7-13(10)19/h2-8H,19H2,1H3,(H,20,22)/t8-/m1/s1. The molecular weight excluding hydrogens is 385 g/mol. The quantitative estimate of drug-likeness (QED) is 0.343. The molecule has 0 heterocycles. The van der Waals surface area contributed by atoms with E-state index in [-0.39, 0.29) is 32.7 Å². The number of nitrogens with one attached hydrogen (secondary N) is 1. The van der Waals surface area contributed by atoms with Crippen LogP contribution in [0.15, 0.2) is 36.4 Å². The molecule has 0 aliphatic heterocycles. The molecule has 0 saturated carbocycles. The van der Waals surface area contributed by atoms with Crippen molar-refractivity contribution >= 4 is 52.1 Å². The molecule has 1 amide bonds. The summed E-state index contributed by atoms with van der Waals surface area (Å²) < 4.78 is 5.04. The van der Waals surface area contributed by atoms with Gasteiger partial charge in [0, 0.05) is 12.1 Å². The van der Waals surface area contributed by atoms with Gasteiger partial charge in [0.1, 0.15) is 0 Å². The second-order valence-corrected chi connectivity index (χ2v) is 5.98. The van der Waals surface area contributed by atoms with Crippen molar-refractivity contribution in [3.63, 3.8) is 0 Å². The summed E-state index contributed by atoms with van der Waals surface area (Å²) >= 11 is 11.9. The first kappa shape index (κ1) is 19.5. The van der Waals surface area contributed by atoms with E-state index < -0.39 is 22.9 Å². The molecule has 0 aliphatic carbocycles. The van der Waals surface area contributed by atoms with Crippen molar-refractivity contribution < 1.29 is 19.2 Å². The van der Waals surface area contributed by atoms with Gasteiger partial charge in [-0.25, -0.2) is 4.79 Å². The second kappa shape index (κ2) is 8.03. The van der Waals surface area contributed by atoms with Gasteiger partial charge in [-0.3, -0.25) is 14.9 Å². The summed E-state index contributed by atoms with van der Waals surface area (Å²) in [5, 5.41) is 13.6. The van der Waals surface area contributed by atoms with E-state index in [4.69, 9.17) is 33.7 Å². The predicted octanol–water partition coefficient (Wildman–Crippen LogP) is 3.67. The van der Waals surface area contributed by atoms with Crippen LogP contribution < -0.4 is 11.1 Å². The summed E-state index contributed by atoms with van der Waals surface area (Å²) in [4.78, 5) is 34.4. The molecule has 2 rings (SSSR count). The Bertz CT molecular complexity index is 868. The first-order valence-electron chi connectivity index (χ1n) is 7.20. The van der Waals surface area contributed by atoms with Crippen LogP contribution >= 0.6 is 23.2 Å². The third-order valence-corrected chi connectivity index (χ3v) is 3.96. The molecule has 0 aromatic heterocycles. The van der Waals surface area contributed by atoms with Crippen LogP contribution in [-0.4, -0.2) is 22.9 Å². The maximum absolute atomic E-state index is 12.2. The number of carbonyl (C=O) groups excluding carboxylic acids is 2. The molecule has 10 heteroatoms. The average molecular weight is 398 g/mol. The molecule has 8 nitrogen and oxygen atoms in total. The Morgan fingerprint density at radius 3 is 2.38 bits per heavy atom. The molecule has 0 radical (unpaired) electrons. The summed E-state index contributed by atoms with van der Waals surface area (Å²) in [5.41, 5.74) is 5.34. The van der Waals surface area contributed by atoms with Gasteiger partial charge >= 0.3 is 5.97 Å². The number of benzene rings is 2. The zero-order valence-corrected chi connectivity index (χ0v) is 14.9. The number of nitro benzene ring substituents is 1. The van der Waals surface area contributed by atoms with Gasteiger partial charge in [-0.15, -0.1) is 0 Å². The lowest BCUT2D eigenvalue weighted by Gasteiger charge is -2.15. The Kier molecular flexibility index (Phi) is 6.01. The van der Waals surface area contributed by atoms with E-state index in [0.717, 1.165) is 18.2 Å². The smallest absolute Gasteiger partial charge is 0.341 e. The average Bonchev–Trinajstić information content (AvgIpc) is 2.57. The number of ether oxygens (including phenoxy) is 1. The molecule has 0 fully saturated rings. The van der Waals surface area contributed by atoms with Crippen LogP contribution in [0.2, 0.25) is 10.0 Å². The topological polar surface area (TPSA) is 125 Å². The van der Waals surface area contributed by atoms with Gasteiger partial charge in [0.25, 0.3) is 11.6 Å². The van der Waals surface area contributed by atoms with Crippen LogP contribution in [0, 0.1) is 10.1 Å². The van der Waals surface area contributed by atoms with E-state index in [1.54, 1.807) is 6.07 Å². The monoisotopic (exact) mass is 397 g/mol. The zero-order chi connectivity index (χ0) is 19.4. The molecule has 1 atom stereocenters. The van der Waals surface area contributed by atoms with Crippen LogP contribution in [0.25, 0.3) is 0 Å². The molecule has 0 aliphatic rings. The minimum absolute atomic E-state index is 0.0916. The van der Waals surface area contributed by atoms with E-state index in [2.05, 4.69) is 5.32 Å². The van der Waals surface area contributed by atoms with Gasteiger partial charge in [-0.1, -0.05) is 29.3 Å². The van der Waals surface area contributed by atoms with Crippen molar-refractivity contribution in [3.05, 3.63) is 62.1 Å². The molecular formula is C16H13Cl2N3O5. The van der Waals surface area contributed by atoms with E-state index in [0.29, 0.717) is 0 Å². The number of non-ortho nitro benzene ring substituents is 1. The highest BCUT2D eigenvalue weighted by Gasteiger charge is 2.23. The number of hydrogen-bond donors (Lipinski definition) is 2. The van der Waals surface area contributed by atoms with Crippen molar-refractivity contribution in [2.75, 3.05) is 11.1 Å². The number of esters is 1. The Labute approximate surface area is 158 Å². The van der Waals surface area contributed by atoms with E-state index >= 15 is 0 Å². The van der Waals surface area contributed by atoms with Crippen LogP contribution in [0.3, 0.4) is 0 Å². The number of para-hydroxylation sites is 1. The van der Waals surface area contributed by atoms with Crippen molar-refractivity contribution in [2.45, 2.75) is 13.0 Å². The first-order valence-corrected chi connectivity index (χ1v) is 7.96. The molecule has 0 saturated heterocycles. The van der Waals surface area contributed by atoms with Crippen LogP contribution in [0.5, 0.6) is 0 Å².